The van der Waals surface area contributed by atoms with E-state index in [1.807, 2.05) is 42.8 Å². The number of halogens is 2. The first-order valence-electron chi connectivity index (χ1n) is 7.68. The van der Waals surface area contributed by atoms with E-state index in [4.69, 9.17) is 0 Å². The van der Waals surface area contributed by atoms with E-state index in [2.05, 4.69) is 47.4 Å². The number of amides is 1. The van der Waals surface area contributed by atoms with Crippen LogP contribution in [0, 0.1) is 13.8 Å². The zero-order chi connectivity index (χ0) is 18.0. The minimum atomic E-state index is -0.124. The molecule has 1 amide bonds. The molecular formula is C17H17Br2N5O. The summed E-state index contributed by atoms with van der Waals surface area (Å²) < 4.78 is 5.40. The third kappa shape index (κ3) is 4.38. The van der Waals surface area contributed by atoms with Crippen LogP contribution in [0.1, 0.15) is 17.0 Å². The van der Waals surface area contributed by atoms with Gasteiger partial charge in [-0.2, -0.15) is 10.2 Å². The minimum absolute atomic E-state index is 0.124. The molecule has 25 heavy (non-hydrogen) atoms. The lowest BCUT2D eigenvalue weighted by atomic mass is 10.2. The molecule has 0 saturated carbocycles. The van der Waals surface area contributed by atoms with E-state index in [1.54, 1.807) is 17.1 Å². The summed E-state index contributed by atoms with van der Waals surface area (Å²) in [5.41, 5.74) is 3.87. The Morgan fingerprint density at radius 1 is 1.28 bits per heavy atom. The number of hydrogen-bond donors (Lipinski definition) is 1. The average Bonchev–Trinajstić information content (AvgIpc) is 3.06. The second kappa shape index (κ2) is 7.53. The quantitative estimate of drug-likeness (QED) is 0.619. The molecule has 130 valence electrons. The molecule has 0 fully saturated rings. The van der Waals surface area contributed by atoms with Gasteiger partial charge in [0.15, 0.2) is 0 Å². The third-order valence-corrected chi connectivity index (χ3v) is 5.30. The lowest BCUT2D eigenvalue weighted by Gasteiger charge is -2.09. The second-order valence-electron chi connectivity index (χ2n) is 5.75. The summed E-state index contributed by atoms with van der Waals surface area (Å²) in [5.74, 6) is -0.124. The van der Waals surface area contributed by atoms with Crippen LogP contribution >= 0.6 is 31.9 Å². The Labute approximate surface area is 162 Å². The van der Waals surface area contributed by atoms with Crippen molar-refractivity contribution in [1.82, 2.24) is 19.6 Å². The fourth-order valence-electron chi connectivity index (χ4n) is 2.52. The summed E-state index contributed by atoms with van der Waals surface area (Å²) in [4.78, 5) is 12.2. The van der Waals surface area contributed by atoms with E-state index in [9.17, 15) is 4.79 Å². The third-order valence-electron chi connectivity index (χ3n) is 3.74. The van der Waals surface area contributed by atoms with Crippen LogP contribution in [0.2, 0.25) is 0 Å². The number of anilines is 1. The highest BCUT2D eigenvalue weighted by atomic mass is 79.9. The molecule has 2 heterocycles. The number of hydrogen-bond acceptors (Lipinski definition) is 3. The van der Waals surface area contributed by atoms with Crippen LogP contribution in [0.4, 0.5) is 5.69 Å². The number of benzene rings is 1. The fraction of sp³-hybridized carbons (Fsp3) is 0.235. The number of carbonyl (C=O) groups excluding carboxylic acids is 1. The van der Waals surface area contributed by atoms with Crippen LogP contribution in [0.15, 0.2) is 45.6 Å². The van der Waals surface area contributed by atoms with Crippen molar-refractivity contribution in [2.24, 2.45) is 0 Å². The van der Waals surface area contributed by atoms with Gasteiger partial charge in [-0.25, -0.2) is 0 Å². The van der Waals surface area contributed by atoms with Crippen molar-refractivity contribution in [2.45, 2.75) is 26.9 Å². The maximum absolute atomic E-state index is 12.2. The Balaban J connectivity index is 1.68. The first kappa shape index (κ1) is 17.9. The Morgan fingerprint density at radius 3 is 2.72 bits per heavy atom. The number of aromatic nitrogens is 4. The number of carbonyl (C=O) groups is 1. The lowest BCUT2D eigenvalue weighted by molar-refractivity contribution is -0.116. The van der Waals surface area contributed by atoms with Gasteiger partial charge < -0.3 is 5.32 Å². The van der Waals surface area contributed by atoms with Gasteiger partial charge in [-0.15, -0.1) is 0 Å². The highest BCUT2D eigenvalue weighted by Crippen LogP contribution is 2.21. The normalized spacial score (nSPS) is 10.9. The molecular weight excluding hydrogens is 450 g/mol. The number of aryl methyl sites for hydroxylation is 1. The van der Waals surface area contributed by atoms with Gasteiger partial charge in [0.1, 0.15) is 6.54 Å². The molecule has 0 aliphatic rings. The van der Waals surface area contributed by atoms with Crippen molar-refractivity contribution in [3.05, 3.63) is 62.6 Å². The zero-order valence-corrected chi connectivity index (χ0v) is 17.0. The van der Waals surface area contributed by atoms with Gasteiger partial charge in [0, 0.05) is 11.9 Å². The molecule has 0 atom stereocenters. The fourth-order valence-corrected chi connectivity index (χ4v) is 3.13. The lowest BCUT2D eigenvalue weighted by Crippen LogP contribution is -2.19. The zero-order valence-electron chi connectivity index (χ0n) is 13.8. The second-order valence-corrected chi connectivity index (χ2v) is 7.46. The standard InChI is InChI=1S/C17H17Br2N5O/c1-11-17(19)12(2)24(22-11)8-13-4-3-5-15(6-13)21-16(25)10-23-9-14(18)7-20-23/h3-7,9H,8,10H2,1-2H3,(H,21,25). The summed E-state index contributed by atoms with van der Waals surface area (Å²) in [7, 11) is 0. The van der Waals surface area contributed by atoms with Crippen molar-refractivity contribution in [3.8, 4) is 0 Å². The smallest absolute Gasteiger partial charge is 0.246 e. The SMILES string of the molecule is Cc1nn(Cc2cccc(NC(=O)Cn3cc(Br)cn3)c2)c(C)c1Br. The average molecular weight is 467 g/mol. The number of rotatable bonds is 5. The predicted octanol–water partition coefficient (Wildman–Crippen LogP) is 3.91. The van der Waals surface area contributed by atoms with E-state index in [-0.39, 0.29) is 12.5 Å². The molecule has 1 N–H and O–H groups in total. The number of nitrogens with one attached hydrogen (secondary N) is 1. The van der Waals surface area contributed by atoms with Crippen molar-refractivity contribution in [3.63, 3.8) is 0 Å². The van der Waals surface area contributed by atoms with E-state index >= 15 is 0 Å². The molecule has 0 unspecified atom stereocenters. The van der Waals surface area contributed by atoms with E-state index in [1.165, 1.54) is 0 Å². The molecule has 0 radical (unpaired) electrons. The molecule has 8 heteroatoms. The maximum Gasteiger partial charge on any atom is 0.246 e. The molecule has 0 saturated heterocycles. The molecule has 3 aromatic rings. The predicted molar refractivity (Wildman–Crippen MR) is 104 cm³/mol. The molecule has 3 rings (SSSR count). The Bertz CT molecular complexity index is 916. The van der Waals surface area contributed by atoms with Crippen LogP contribution < -0.4 is 5.32 Å². The molecule has 0 aliphatic heterocycles. The van der Waals surface area contributed by atoms with Crippen molar-refractivity contribution >= 4 is 43.5 Å². The highest BCUT2D eigenvalue weighted by Gasteiger charge is 2.10. The molecule has 0 aliphatic carbocycles. The van der Waals surface area contributed by atoms with Gasteiger partial charge >= 0.3 is 0 Å². The maximum atomic E-state index is 12.2. The van der Waals surface area contributed by atoms with E-state index in [0.29, 0.717) is 6.54 Å². The number of nitrogens with zero attached hydrogens (tertiary/aromatic N) is 4. The van der Waals surface area contributed by atoms with Crippen LogP contribution in [-0.4, -0.2) is 25.5 Å². The van der Waals surface area contributed by atoms with E-state index < -0.39 is 0 Å². The monoisotopic (exact) mass is 465 g/mol. The Kier molecular flexibility index (Phi) is 5.39. The van der Waals surface area contributed by atoms with Gasteiger partial charge in [0.2, 0.25) is 5.91 Å². The molecule has 6 nitrogen and oxygen atoms in total. The Morgan fingerprint density at radius 2 is 2.08 bits per heavy atom. The summed E-state index contributed by atoms with van der Waals surface area (Å²) >= 11 is 6.86. The van der Waals surface area contributed by atoms with Gasteiger partial charge in [0.05, 0.1) is 33.1 Å². The van der Waals surface area contributed by atoms with Gasteiger partial charge in [-0.1, -0.05) is 12.1 Å². The summed E-state index contributed by atoms with van der Waals surface area (Å²) in [6, 6.07) is 7.78. The van der Waals surface area contributed by atoms with Gasteiger partial charge in [0.25, 0.3) is 0 Å². The summed E-state index contributed by atoms with van der Waals surface area (Å²) in [6.45, 7) is 4.81. The van der Waals surface area contributed by atoms with Crippen LogP contribution in [0.3, 0.4) is 0 Å². The summed E-state index contributed by atoms with van der Waals surface area (Å²) in [5, 5.41) is 11.5. The molecule has 2 aromatic heterocycles. The van der Waals surface area contributed by atoms with Crippen molar-refractivity contribution in [2.75, 3.05) is 5.32 Å². The van der Waals surface area contributed by atoms with Crippen LogP contribution in [-0.2, 0) is 17.9 Å². The molecule has 0 spiro atoms. The minimum Gasteiger partial charge on any atom is -0.324 e. The molecule has 1 aromatic carbocycles. The van der Waals surface area contributed by atoms with Crippen molar-refractivity contribution < 1.29 is 4.79 Å². The largest absolute Gasteiger partial charge is 0.324 e. The topological polar surface area (TPSA) is 64.7 Å². The van der Waals surface area contributed by atoms with Crippen molar-refractivity contribution in [1.29, 1.82) is 0 Å². The van der Waals surface area contributed by atoms with Gasteiger partial charge in [-0.3, -0.25) is 14.2 Å². The highest BCUT2D eigenvalue weighted by molar-refractivity contribution is 9.10. The molecule has 0 bridgehead atoms. The van der Waals surface area contributed by atoms with E-state index in [0.717, 1.165) is 31.6 Å². The summed E-state index contributed by atoms with van der Waals surface area (Å²) in [6.07, 6.45) is 3.41. The van der Waals surface area contributed by atoms with Crippen LogP contribution in [0.5, 0.6) is 0 Å². The van der Waals surface area contributed by atoms with Gasteiger partial charge in [-0.05, 0) is 63.4 Å². The Hall–Kier alpha value is -1.93. The first-order valence-corrected chi connectivity index (χ1v) is 9.27. The first-order chi connectivity index (χ1) is 11.9. The van der Waals surface area contributed by atoms with Crippen LogP contribution in [0.25, 0.3) is 0 Å².